The lowest BCUT2D eigenvalue weighted by molar-refractivity contribution is 0.255. The highest BCUT2D eigenvalue weighted by atomic mass is 15.1. The van der Waals surface area contributed by atoms with Gasteiger partial charge in [0.25, 0.3) is 0 Å². The maximum atomic E-state index is 5.63. The van der Waals surface area contributed by atoms with Gasteiger partial charge in [0.1, 0.15) is 5.65 Å². The zero-order valence-electron chi connectivity index (χ0n) is 15.9. The van der Waals surface area contributed by atoms with Gasteiger partial charge in [-0.25, -0.2) is 4.98 Å². The fourth-order valence-electron chi connectivity index (χ4n) is 3.78. The van der Waals surface area contributed by atoms with Crippen LogP contribution in [0.3, 0.4) is 0 Å². The van der Waals surface area contributed by atoms with E-state index in [2.05, 4.69) is 57.3 Å². The highest BCUT2D eigenvalue weighted by Crippen LogP contribution is 2.28. The Bertz CT molecular complexity index is 877. The zero-order valence-corrected chi connectivity index (χ0v) is 15.9. The summed E-state index contributed by atoms with van der Waals surface area (Å²) >= 11 is 0. The van der Waals surface area contributed by atoms with Gasteiger partial charge in [-0.3, -0.25) is 0 Å². The van der Waals surface area contributed by atoms with Crippen LogP contribution in [0.4, 0.5) is 11.6 Å². The molecule has 0 radical (unpaired) electrons. The summed E-state index contributed by atoms with van der Waals surface area (Å²) in [5, 5.41) is 4.39. The molecule has 0 atom stereocenters. The van der Waals surface area contributed by atoms with E-state index in [9.17, 15) is 0 Å². The molecule has 0 bridgehead atoms. The van der Waals surface area contributed by atoms with Crippen molar-refractivity contribution < 1.29 is 0 Å². The monoisotopic (exact) mass is 364 g/mol. The Labute approximate surface area is 160 Å². The van der Waals surface area contributed by atoms with Crippen LogP contribution >= 0.6 is 0 Å². The van der Waals surface area contributed by atoms with Gasteiger partial charge in [0.05, 0.1) is 0 Å². The average Bonchev–Trinajstić information content (AvgIpc) is 3.10. The molecule has 6 nitrogen and oxygen atoms in total. The van der Waals surface area contributed by atoms with Crippen molar-refractivity contribution in [2.24, 2.45) is 5.73 Å². The first-order valence-electron chi connectivity index (χ1n) is 9.80. The number of nitrogens with one attached hydrogen (secondary N) is 1. The number of hydrogen-bond acceptors (Lipinski definition) is 5. The predicted molar refractivity (Wildman–Crippen MR) is 110 cm³/mol. The summed E-state index contributed by atoms with van der Waals surface area (Å²) in [6.07, 6.45) is 7.34. The molecule has 1 fully saturated rings. The van der Waals surface area contributed by atoms with Crippen molar-refractivity contribution in [2.45, 2.75) is 31.7 Å². The van der Waals surface area contributed by atoms with E-state index in [0.717, 1.165) is 29.7 Å². The lowest BCUT2D eigenvalue weighted by atomic mass is 9.89. The second kappa shape index (κ2) is 8.06. The first-order chi connectivity index (χ1) is 13.2. The molecule has 2 aromatic heterocycles. The number of aromatic nitrogens is 3. The third-order valence-corrected chi connectivity index (χ3v) is 5.46. The average molecular weight is 364 g/mol. The Hall–Kier alpha value is -2.44. The smallest absolute Gasteiger partial charge is 0.229 e. The zero-order chi connectivity index (χ0) is 18.6. The predicted octanol–water partition coefficient (Wildman–Crippen LogP) is 3.33. The number of hydrogen-bond donors (Lipinski definition) is 2. The van der Waals surface area contributed by atoms with Crippen molar-refractivity contribution in [3.63, 3.8) is 0 Å². The molecule has 142 valence electrons. The van der Waals surface area contributed by atoms with E-state index in [4.69, 9.17) is 10.7 Å². The standard InChI is InChI=1S/C21H28N6/c1-26-12-7-17(8-13-26)16-3-5-19(6-4-16)24-21-23-15-18-9-14-27(11-2-10-22)20(18)25-21/h3-6,9,14-15,17H,2,7-8,10-13,22H2,1H3,(H,23,24,25). The summed E-state index contributed by atoms with van der Waals surface area (Å²) in [7, 11) is 2.20. The van der Waals surface area contributed by atoms with Crippen LogP contribution in [0.1, 0.15) is 30.7 Å². The molecule has 1 aliphatic rings. The van der Waals surface area contributed by atoms with Crippen molar-refractivity contribution in [1.29, 1.82) is 0 Å². The van der Waals surface area contributed by atoms with Gasteiger partial charge in [0.2, 0.25) is 5.95 Å². The summed E-state index contributed by atoms with van der Waals surface area (Å²) in [5.41, 5.74) is 9.03. The van der Waals surface area contributed by atoms with Gasteiger partial charge in [-0.15, -0.1) is 0 Å². The van der Waals surface area contributed by atoms with Crippen LogP contribution in [0.15, 0.2) is 42.7 Å². The molecule has 1 saturated heterocycles. The van der Waals surface area contributed by atoms with Crippen molar-refractivity contribution in [3.8, 4) is 0 Å². The Balaban J connectivity index is 1.47. The number of aryl methyl sites for hydroxylation is 1. The third-order valence-electron chi connectivity index (χ3n) is 5.46. The Morgan fingerprint density at radius 2 is 1.93 bits per heavy atom. The minimum absolute atomic E-state index is 0.627. The second-order valence-electron chi connectivity index (χ2n) is 7.45. The maximum Gasteiger partial charge on any atom is 0.229 e. The first-order valence-corrected chi connectivity index (χ1v) is 9.80. The molecular formula is C21H28N6. The van der Waals surface area contributed by atoms with Crippen LogP contribution in [0.5, 0.6) is 0 Å². The number of rotatable bonds is 6. The molecule has 0 unspecified atom stereocenters. The molecule has 1 aliphatic heterocycles. The number of nitrogens with zero attached hydrogens (tertiary/aromatic N) is 4. The molecule has 27 heavy (non-hydrogen) atoms. The molecule has 3 heterocycles. The van der Waals surface area contributed by atoms with E-state index in [0.29, 0.717) is 18.4 Å². The minimum Gasteiger partial charge on any atom is -0.332 e. The van der Waals surface area contributed by atoms with Gasteiger partial charge in [0, 0.05) is 30.0 Å². The largest absolute Gasteiger partial charge is 0.332 e. The van der Waals surface area contributed by atoms with E-state index >= 15 is 0 Å². The molecular weight excluding hydrogens is 336 g/mol. The van der Waals surface area contributed by atoms with E-state index < -0.39 is 0 Å². The quantitative estimate of drug-likeness (QED) is 0.702. The molecule has 6 heteroatoms. The van der Waals surface area contributed by atoms with Crippen molar-refractivity contribution >= 4 is 22.7 Å². The van der Waals surface area contributed by atoms with Gasteiger partial charge in [-0.05, 0) is 75.6 Å². The van der Waals surface area contributed by atoms with Crippen LogP contribution in [0, 0.1) is 0 Å². The minimum atomic E-state index is 0.627. The van der Waals surface area contributed by atoms with Gasteiger partial charge < -0.3 is 20.5 Å². The van der Waals surface area contributed by atoms with Crippen LogP contribution in [0.25, 0.3) is 11.0 Å². The van der Waals surface area contributed by atoms with E-state index in [-0.39, 0.29) is 0 Å². The summed E-state index contributed by atoms with van der Waals surface area (Å²) < 4.78 is 2.14. The molecule has 1 aromatic carbocycles. The van der Waals surface area contributed by atoms with Gasteiger partial charge in [-0.1, -0.05) is 12.1 Å². The SMILES string of the molecule is CN1CCC(c2ccc(Nc3ncc4ccn(CCCN)c4n3)cc2)CC1. The van der Waals surface area contributed by atoms with Crippen LogP contribution < -0.4 is 11.1 Å². The van der Waals surface area contributed by atoms with Crippen LogP contribution in [-0.4, -0.2) is 46.1 Å². The third kappa shape index (κ3) is 4.12. The summed E-state index contributed by atoms with van der Waals surface area (Å²) in [6, 6.07) is 10.8. The maximum absolute atomic E-state index is 5.63. The van der Waals surface area contributed by atoms with Gasteiger partial charge in [0.15, 0.2) is 0 Å². The molecule has 4 rings (SSSR count). The first kappa shape index (κ1) is 17.9. The normalized spacial score (nSPS) is 16.1. The van der Waals surface area contributed by atoms with E-state index in [1.807, 2.05) is 12.3 Å². The molecule has 0 aliphatic carbocycles. The fraction of sp³-hybridized carbons (Fsp3) is 0.429. The fourth-order valence-corrected chi connectivity index (χ4v) is 3.78. The number of fused-ring (bicyclic) bond motifs is 1. The number of anilines is 2. The van der Waals surface area contributed by atoms with Gasteiger partial charge in [-0.2, -0.15) is 4.98 Å². The van der Waals surface area contributed by atoms with E-state index in [1.54, 1.807) is 0 Å². The number of nitrogens with two attached hydrogens (primary N) is 1. The molecule has 3 aromatic rings. The second-order valence-corrected chi connectivity index (χ2v) is 7.45. The van der Waals surface area contributed by atoms with Crippen molar-refractivity contribution in [2.75, 3.05) is 32.0 Å². The van der Waals surface area contributed by atoms with Crippen molar-refractivity contribution in [1.82, 2.24) is 19.4 Å². The number of piperidine rings is 1. The lowest BCUT2D eigenvalue weighted by Crippen LogP contribution is -2.29. The van der Waals surface area contributed by atoms with Crippen molar-refractivity contribution in [3.05, 3.63) is 48.3 Å². The Morgan fingerprint density at radius 1 is 1.15 bits per heavy atom. The van der Waals surface area contributed by atoms with Crippen LogP contribution in [-0.2, 0) is 6.54 Å². The molecule has 0 amide bonds. The number of likely N-dealkylation sites (tertiary alicyclic amines) is 1. The topological polar surface area (TPSA) is 72.0 Å². The van der Waals surface area contributed by atoms with Gasteiger partial charge >= 0.3 is 0 Å². The molecule has 3 N–H and O–H groups in total. The van der Waals surface area contributed by atoms with E-state index in [1.165, 1.54) is 31.5 Å². The summed E-state index contributed by atoms with van der Waals surface area (Å²) in [6.45, 7) is 3.92. The highest BCUT2D eigenvalue weighted by Gasteiger charge is 2.18. The molecule has 0 saturated carbocycles. The molecule has 0 spiro atoms. The van der Waals surface area contributed by atoms with Crippen LogP contribution in [0.2, 0.25) is 0 Å². The lowest BCUT2D eigenvalue weighted by Gasteiger charge is -2.29. The summed E-state index contributed by atoms with van der Waals surface area (Å²) in [5.74, 6) is 1.30. The Morgan fingerprint density at radius 3 is 2.67 bits per heavy atom. The highest BCUT2D eigenvalue weighted by molar-refractivity contribution is 5.76. The summed E-state index contributed by atoms with van der Waals surface area (Å²) in [4.78, 5) is 11.6. The number of benzene rings is 1. The Kier molecular flexibility index (Phi) is 5.36.